The van der Waals surface area contributed by atoms with Crippen LogP contribution in [-0.4, -0.2) is 79.3 Å². The molecule has 2 amide bonds. The molecule has 1 aromatic rings. The Bertz CT molecular complexity index is 649. The van der Waals surface area contributed by atoms with Crippen molar-refractivity contribution in [1.82, 2.24) is 15.1 Å². The van der Waals surface area contributed by atoms with Crippen LogP contribution < -0.4 is 5.32 Å². The van der Waals surface area contributed by atoms with Crippen molar-refractivity contribution < 1.29 is 19.4 Å². The van der Waals surface area contributed by atoms with Crippen molar-refractivity contribution in [3.63, 3.8) is 0 Å². The molecule has 148 valence electrons. The molecular formula is C19H26BrN3O4. The number of benzene rings is 1. The fourth-order valence-electron chi connectivity index (χ4n) is 3.47. The van der Waals surface area contributed by atoms with Crippen LogP contribution in [0.1, 0.15) is 18.0 Å². The molecule has 3 rings (SSSR count). The quantitative estimate of drug-likeness (QED) is 0.655. The zero-order valence-electron chi connectivity index (χ0n) is 15.3. The molecule has 0 saturated carbocycles. The minimum Gasteiger partial charge on any atom is -0.394 e. The molecular weight excluding hydrogens is 414 g/mol. The minimum absolute atomic E-state index is 0.0209. The van der Waals surface area contributed by atoms with Crippen LogP contribution in [0.25, 0.3) is 0 Å². The van der Waals surface area contributed by atoms with Crippen LogP contribution in [0.4, 0.5) is 0 Å². The Labute approximate surface area is 167 Å². The summed E-state index contributed by atoms with van der Waals surface area (Å²) in [6.45, 7) is 4.94. The minimum atomic E-state index is -0.469. The van der Waals surface area contributed by atoms with Crippen LogP contribution in [0.15, 0.2) is 28.7 Å². The van der Waals surface area contributed by atoms with E-state index in [1.165, 1.54) is 0 Å². The molecule has 2 unspecified atom stereocenters. The highest BCUT2D eigenvalue weighted by Gasteiger charge is 2.35. The summed E-state index contributed by atoms with van der Waals surface area (Å²) in [6.07, 6.45) is 0.230. The zero-order valence-corrected chi connectivity index (χ0v) is 16.9. The summed E-state index contributed by atoms with van der Waals surface area (Å²) in [5.74, 6) is -0.529. The zero-order chi connectivity index (χ0) is 19.2. The van der Waals surface area contributed by atoms with Crippen molar-refractivity contribution in [2.24, 2.45) is 5.92 Å². The van der Waals surface area contributed by atoms with E-state index in [2.05, 4.69) is 26.1 Å². The first-order valence-electron chi connectivity index (χ1n) is 9.31. The number of morpholine rings is 1. The molecule has 0 aromatic heterocycles. The Kier molecular flexibility index (Phi) is 7.23. The predicted octanol–water partition coefficient (Wildman–Crippen LogP) is 0.779. The Hall–Kier alpha value is -1.48. The summed E-state index contributed by atoms with van der Waals surface area (Å²) < 4.78 is 6.27. The molecule has 0 bridgehead atoms. The molecule has 27 heavy (non-hydrogen) atoms. The molecule has 8 heteroatoms. The van der Waals surface area contributed by atoms with Gasteiger partial charge in [0.1, 0.15) is 0 Å². The number of carbonyl (C=O) groups is 2. The number of rotatable bonds is 7. The summed E-state index contributed by atoms with van der Waals surface area (Å²) in [6, 6.07) is 7.00. The van der Waals surface area contributed by atoms with Crippen molar-refractivity contribution in [3.05, 3.63) is 34.3 Å². The highest BCUT2D eigenvalue weighted by Crippen LogP contribution is 2.21. The average Bonchev–Trinajstić information content (AvgIpc) is 3.07. The molecule has 2 N–H and O–H groups in total. The van der Waals surface area contributed by atoms with Gasteiger partial charge in [0, 0.05) is 43.6 Å². The van der Waals surface area contributed by atoms with Gasteiger partial charge >= 0.3 is 0 Å². The molecule has 2 atom stereocenters. The number of likely N-dealkylation sites (tertiary alicyclic amines) is 1. The third-order valence-corrected chi connectivity index (χ3v) is 5.68. The van der Waals surface area contributed by atoms with E-state index in [4.69, 9.17) is 4.74 Å². The van der Waals surface area contributed by atoms with Crippen LogP contribution in [0.3, 0.4) is 0 Å². The number of aliphatic hydroxyl groups is 1. The average molecular weight is 440 g/mol. The Morgan fingerprint density at radius 3 is 2.63 bits per heavy atom. The van der Waals surface area contributed by atoms with Gasteiger partial charge in [0.25, 0.3) is 0 Å². The van der Waals surface area contributed by atoms with E-state index in [1.54, 1.807) is 4.90 Å². The molecule has 2 aliphatic heterocycles. The van der Waals surface area contributed by atoms with Crippen molar-refractivity contribution in [3.8, 4) is 0 Å². The number of aliphatic hydroxyl groups excluding tert-OH is 1. The van der Waals surface area contributed by atoms with Gasteiger partial charge in [-0.2, -0.15) is 0 Å². The lowest BCUT2D eigenvalue weighted by Crippen LogP contribution is -2.42. The number of amides is 2. The summed E-state index contributed by atoms with van der Waals surface area (Å²) in [4.78, 5) is 28.9. The van der Waals surface area contributed by atoms with Crippen LogP contribution >= 0.6 is 15.9 Å². The maximum absolute atomic E-state index is 12.6. The Balaban J connectivity index is 1.50. The Morgan fingerprint density at radius 2 is 1.96 bits per heavy atom. The first-order chi connectivity index (χ1) is 13.1. The van der Waals surface area contributed by atoms with Gasteiger partial charge < -0.3 is 20.1 Å². The number of nitrogens with one attached hydrogen (secondary N) is 1. The topological polar surface area (TPSA) is 82.1 Å². The van der Waals surface area contributed by atoms with Gasteiger partial charge in [-0.15, -0.1) is 0 Å². The lowest BCUT2D eigenvalue weighted by Gasteiger charge is -2.28. The lowest BCUT2D eigenvalue weighted by molar-refractivity contribution is -0.129. The van der Waals surface area contributed by atoms with Crippen LogP contribution in [0.5, 0.6) is 0 Å². The molecule has 1 aromatic carbocycles. The second-order valence-electron chi connectivity index (χ2n) is 6.99. The van der Waals surface area contributed by atoms with Gasteiger partial charge in [-0.25, -0.2) is 0 Å². The van der Waals surface area contributed by atoms with Gasteiger partial charge in [0.15, 0.2) is 0 Å². The highest BCUT2D eigenvalue weighted by atomic mass is 79.9. The first-order valence-corrected chi connectivity index (χ1v) is 10.1. The summed E-state index contributed by atoms with van der Waals surface area (Å²) in [5.41, 5.74) is 0.836. The Morgan fingerprint density at radius 1 is 1.26 bits per heavy atom. The van der Waals surface area contributed by atoms with E-state index in [0.29, 0.717) is 13.1 Å². The molecule has 2 heterocycles. The SMILES string of the molecule is O=C(NC(CO)c1ccc(Br)cc1)C1CC(=O)N(CCN2CCOCC2)C1. The van der Waals surface area contributed by atoms with E-state index in [-0.39, 0.29) is 30.8 Å². The largest absolute Gasteiger partial charge is 0.394 e. The van der Waals surface area contributed by atoms with E-state index >= 15 is 0 Å². The van der Waals surface area contributed by atoms with Crippen molar-refractivity contribution >= 4 is 27.7 Å². The van der Waals surface area contributed by atoms with Gasteiger partial charge in [-0.1, -0.05) is 28.1 Å². The predicted molar refractivity (Wildman–Crippen MR) is 104 cm³/mol. The fourth-order valence-corrected chi connectivity index (χ4v) is 3.73. The molecule has 0 aliphatic carbocycles. The van der Waals surface area contributed by atoms with E-state index in [9.17, 15) is 14.7 Å². The molecule has 2 aliphatic rings. The third kappa shape index (κ3) is 5.51. The first kappa shape index (κ1) is 20.3. The molecule has 0 radical (unpaired) electrons. The van der Waals surface area contributed by atoms with Gasteiger partial charge in [-0.3, -0.25) is 14.5 Å². The smallest absolute Gasteiger partial charge is 0.225 e. The molecule has 0 spiro atoms. The molecule has 7 nitrogen and oxygen atoms in total. The summed E-state index contributed by atoms with van der Waals surface area (Å²) in [7, 11) is 0. The fraction of sp³-hybridized carbons (Fsp3) is 0.579. The standard InChI is InChI=1S/C19H26BrN3O4/c20-16-3-1-14(2-4-16)17(13-24)21-19(26)15-11-18(25)23(12-15)6-5-22-7-9-27-10-8-22/h1-4,15,17,24H,5-13H2,(H,21,26). The number of carbonyl (C=O) groups excluding carboxylic acids is 2. The molecule has 2 saturated heterocycles. The second-order valence-corrected chi connectivity index (χ2v) is 7.91. The monoisotopic (exact) mass is 439 g/mol. The van der Waals surface area contributed by atoms with Crippen molar-refractivity contribution in [2.75, 3.05) is 52.5 Å². The number of nitrogens with zero attached hydrogens (tertiary/aromatic N) is 2. The van der Waals surface area contributed by atoms with Crippen LogP contribution in [0.2, 0.25) is 0 Å². The van der Waals surface area contributed by atoms with E-state index in [1.807, 2.05) is 24.3 Å². The lowest BCUT2D eigenvalue weighted by atomic mass is 10.0. The van der Waals surface area contributed by atoms with Crippen LogP contribution in [0, 0.1) is 5.92 Å². The van der Waals surface area contributed by atoms with Gasteiger partial charge in [0.05, 0.1) is 31.8 Å². The maximum Gasteiger partial charge on any atom is 0.225 e. The van der Waals surface area contributed by atoms with Gasteiger partial charge in [-0.05, 0) is 17.7 Å². The second kappa shape index (κ2) is 9.64. The number of hydrogen-bond donors (Lipinski definition) is 2. The summed E-state index contributed by atoms with van der Waals surface area (Å²) >= 11 is 3.37. The van der Waals surface area contributed by atoms with E-state index < -0.39 is 6.04 Å². The van der Waals surface area contributed by atoms with Gasteiger partial charge in [0.2, 0.25) is 11.8 Å². The number of hydrogen-bond acceptors (Lipinski definition) is 5. The highest BCUT2D eigenvalue weighted by molar-refractivity contribution is 9.10. The van der Waals surface area contributed by atoms with E-state index in [0.717, 1.165) is 42.9 Å². The summed E-state index contributed by atoms with van der Waals surface area (Å²) in [5, 5.41) is 12.5. The van der Waals surface area contributed by atoms with Crippen molar-refractivity contribution in [2.45, 2.75) is 12.5 Å². The number of halogens is 1. The number of ether oxygens (including phenoxy) is 1. The van der Waals surface area contributed by atoms with Crippen LogP contribution in [-0.2, 0) is 14.3 Å². The molecule has 2 fully saturated rings. The normalized spacial score (nSPS) is 22.1. The third-order valence-electron chi connectivity index (χ3n) is 5.15. The van der Waals surface area contributed by atoms with Crippen molar-refractivity contribution in [1.29, 1.82) is 0 Å². The maximum atomic E-state index is 12.6.